The first kappa shape index (κ1) is 22.4. The van der Waals surface area contributed by atoms with Crippen LogP contribution < -0.4 is 4.72 Å². The van der Waals surface area contributed by atoms with Crippen molar-refractivity contribution in [1.82, 2.24) is 14.5 Å². The van der Waals surface area contributed by atoms with Gasteiger partial charge >= 0.3 is 0 Å². The lowest BCUT2D eigenvalue weighted by Gasteiger charge is -2.38. The molecule has 0 amide bonds. The Bertz CT molecular complexity index is 931. The quantitative estimate of drug-likeness (QED) is 0.754. The van der Waals surface area contributed by atoms with Crippen LogP contribution in [0.5, 0.6) is 0 Å². The summed E-state index contributed by atoms with van der Waals surface area (Å²) in [5.41, 5.74) is 6.18. The predicted molar refractivity (Wildman–Crippen MR) is 121 cm³/mol. The number of thiophene rings is 1. The maximum absolute atomic E-state index is 13.4. The van der Waals surface area contributed by atoms with Gasteiger partial charge in [0.25, 0.3) is 0 Å². The van der Waals surface area contributed by atoms with Crippen molar-refractivity contribution in [3.8, 4) is 0 Å². The standard InChI is InChI=1S/C22H33N3O2S2/c1-15-16(2)18(4)22(19(5)17(15)3)29(26,27)23-13-21(20-7-12-28-14-20)25-10-8-24(6)9-11-25/h7,12,14,21,23H,8-11,13H2,1-6H3. The number of piperazine rings is 1. The summed E-state index contributed by atoms with van der Waals surface area (Å²) in [6, 6.07) is 2.16. The molecule has 1 atom stereocenters. The van der Waals surface area contributed by atoms with Gasteiger partial charge in [-0.2, -0.15) is 11.3 Å². The van der Waals surface area contributed by atoms with Crippen molar-refractivity contribution in [3.63, 3.8) is 0 Å². The molecule has 1 saturated heterocycles. The van der Waals surface area contributed by atoms with Crippen LogP contribution in [0.15, 0.2) is 21.7 Å². The van der Waals surface area contributed by atoms with Crippen molar-refractivity contribution in [2.45, 2.75) is 45.6 Å². The van der Waals surface area contributed by atoms with Gasteiger partial charge < -0.3 is 4.90 Å². The highest BCUT2D eigenvalue weighted by atomic mass is 32.2. The number of hydrogen-bond donors (Lipinski definition) is 1. The lowest BCUT2D eigenvalue weighted by atomic mass is 9.95. The first-order valence-electron chi connectivity index (χ1n) is 10.1. The van der Waals surface area contributed by atoms with E-state index in [0.717, 1.165) is 48.4 Å². The summed E-state index contributed by atoms with van der Waals surface area (Å²) in [5, 5.41) is 4.20. The summed E-state index contributed by atoms with van der Waals surface area (Å²) in [6.07, 6.45) is 0. The second kappa shape index (κ2) is 8.86. The molecule has 1 aliphatic rings. The number of benzene rings is 1. The average Bonchev–Trinajstić information content (AvgIpc) is 3.20. The Hall–Kier alpha value is -1.25. The van der Waals surface area contributed by atoms with Crippen LogP contribution in [0.2, 0.25) is 0 Å². The smallest absolute Gasteiger partial charge is 0.241 e. The van der Waals surface area contributed by atoms with Crippen molar-refractivity contribution >= 4 is 21.4 Å². The van der Waals surface area contributed by atoms with Gasteiger partial charge in [0.15, 0.2) is 0 Å². The van der Waals surface area contributed by atoms with E-state index in [4.69, 9.17) is 0 Å². The SMILES string of the molecule is Cc1c(C)c(C)c(S(=O)(=O)NCC(c2ccsc2)N2CCN(C)CC2)c(C)c1C. The highest BCUT2D eigenvalue weighted by molar-refractivity contribution is 7.89. The molecule has 0 radical (unpaired) electrons. The highest BCUT2D eigenvalue weighted by Crippen LogP contribution is 2.30. The van der Waals surface area contributed by atoms with Crippen LogP contribution in [0.1, 0.15) is 39.4 Å². The highest BCUT2D eigenvalue weighted by Gasteiger charge is 2.28. The topological polar surface area (TPSA) is 52.7 Å². The number of nitrogens with zero attached hydrogens (tertiary/aromatic N) is 2. The molecule has 1 aromatic carbocycles. The monoisotopic (exact) mass is 435 g/mol. The molecule has 1 aliphatic heterocycles. The molecule has 1 N–H and O–H groups in total. The van der Waals surface area contributed by atoms with Gasteiger partial charge in [-0.25, -0.2) is 13.1 Å². The minimum absolute atomic E-state index is 0.0537. The molecule has 3 rings (SSSR count). The lowest BCUT2D eigenvalue weighted by Crippen LogP contribution is -2.48. The number of hydrogen-bond acceptors (Lipinski definition) is 5. The van der Waals surface area contributed by atoms with Gasteiger partial charge in [-0.1, -0.05) is 0 Å². The molecule has 1 aromatic heterocycles. The molecular formula is C22H33N3O2S2. The third-order valence-electron chi connectivity index (χ3n) is 6.57. The van der Waals surface area contributed by atoms with Gasteiger partial charge in [0.2, 0.25) is 10.0 Å². The van der Waals surface area contributed by atoms with Gasteiger partial charge in [-0.3, -0.25) is 4.90 Å². The fraction of sp³-hybridized carbons (Fsp3) is 0.545. The van der Waals surface area contributed by atoms with E-state index in [-0.39, 0.29) is 6.04 Å². The zero-order valence-corrected chi connectivity index (χ0v) is 20.0. The van der Waals surface area contributed by atoms with Crippen LogP contribution in [0.3, 0.4) is 0 Å². The van der Waals surface area contributed by atoms with Crippen LogP contribution in [-0.2, 0) is 10.0 Å². The zero-order valence-electron chi connectivity index (χ0n) is 18.4. The maximum Gasteiger partial charge on any atom is 0.241 e. The summed E-state index contributed by atoms with van der Waals surface area (Å²) in [4.78, 5) is 5.16. The molecule has 1 unspecified atom stereocenters. The zero-order chi connectivity index (χ0) is 21.3. The first-order valence-corrected chi connectivity index (χ1v) is 12.6. The first-order chi connectivity index (χ1) is 13.6. The second-order valence-corrected chi connectivity index (χ2v) is 10.7. The van der Waals surface area contributed by atoms with Crippen LogP contribution in [-0.4, -0.2) is 58.0 Å². The summed E-state index contributed by atoms with van der Waals surface area (Å²) in [5.74, 6) is 0. The number of likely N-dealkylation sites (N-methyl/N-ethyl adjacent to an activating group) is 1. The normalized spacial score (nSPS) is 17.6. The summed E-state index contributed by atoms with van der Waals surface area (Å²) in [6.45, 7) is 14.2. The fourth-order valence-electron chi connectivity index (χ4n) is 4.19. The Labute approximate surface area is 179 Å². The third-order valence-corrected chi connectivity index (χ3v) is 8.97. The molecule has 160 valence electrons. The van der Waals surface area contributed by atoms with Crippen molar-refractivity contribution < 1.29 is 8.42 Å². The maximum atomic E-state index is 13.4. The predicted octanol–water partition coefficient (Wildman–Crippen LogP) is 3.56. The van der Waals surface area contributed by atoms with Gasteiger partial charge in [0.1, 0.15) is 0 Å². The van der Waals surface area contributed by atoms with E-state index < -0.39 is 10.0 Å². The van der Waals surface area contributed by atoms with Gasteiger partial charge in [0, 0.05) is 38.8 Å². The minimum atomic E-state index is -3.60. The minimum Gasteiger partial charge on any atom is -0.304 e. The molecule has 2 heterocycles. The Morgan fingerprint density at radius 2 is 1.52 bits per heavy atom. The Kier molecular flexibility index (Phi) is 6.85. The van der Waals surface area contributed by atoms with Gasteiger partial charge in [-0.05, 0) is 91.9 Å². The molecule has 0 bridgehead atoms. The van der Waals surface area contributed by atoms with Crippen molar-refractivity contribution in [2.24, 2.45) is 0 Å². The van der Waals surface area contributed by atoms with Crippen LogP contribution in [0, 0.1) is 34.6 Å². The molecule has 0 saturated carbocycles. The molecule has 2 aromatic rings. The Morgan fingerprint density at radius 1 is 0.966 bits per heavy atom. The van der Waals surface area contributed by atoms with Crippen molar-refractivity contribution in [2.75, 3.05) is 39.8 Å². The fourth-order valence-corrected chi connectivity index (χ4v) is 6.53. The van der Waals surface area contributed by atoms with E-state index in [2.05, 4.69) is 45.3 Å². The van der Waals surface area contributed by atoms with Crippen molar-refractivity contribution in [1.29, 1.82) is 0 Å². The average molecular weight is 436 g/mol. The van der Waals surface area contributed by atoms with Gasteiger partial charge in [0.05, 0.1) is 4.90 Å². The van der Waals surface area contributed by atoms with E-state index in [0.29, 0.717) is 11.4 Å². The lowest BCUT2D eigenvalue weighted by molar-refractivity contribution is 0.113. The largest absolute Gasteiger partial charge is 0.304 e. The molecular weight excluding hydrogens is 402 g/mol. The summed E-state index contributed by atoms with van der Waals surface area (Å²) in [7, 11) is -1.47. The Balaban J connectivity index is 1.88. The summed E-state index contributed by atoms with van der Waals surface area (Å²) >= 11 is 1.66. The van der Waals surface area contributed by atoms with Crippen molar-refractivity contribution in [3.05, 3.63) is 50.2 Å². The molecule has 0 spiro atoms. The molecule has 5 nitrogen and oxygen atoms in total. The van der Waals surface area contributed by atoms with E-state index in [9.17, 15) is 8.42 Å². The Morgan fingerprint density at radius 3 is 2.03 bits per heavy atom. The molecule has 29 heavy (non-hydrogen) atoms. The summed E-state index contributed by atoms with van der Waals surface area (Å²) < 4.78 is 29.7. The number of rotatable bonds is 6. The molecule has 1 fully saturated rings. The van der Waals surface area contributed by atoms with Gasteiger partial charge in [-0.15, -0.1) is 0 Å². The van der Waals surface area contributed by atoms with E-state index in [1.54, 1.807) is 11.3 Å². The van der Waals surface area contributed by atoms with Crippen LogP contribution in [0.4, 0.5) is 0 Å². The number of nitrogens with one attached hydrogen (secondary N) is 1. The third kappa shape index (κ3) is 4.59. The van der Waals surface area contributed by atoms with E-state index in [1.165, 1.54) is 11.1 Å². The van der Waals surface area contributed by atoms with E-state index in [1.807, 2.05) is 27.7 Å². The molecule has 7 heteroatoms. The van der Waals surface area contributed by atoms with Crippen LogP contribution in [0.25, 0.3) is 0 Å². The van der Waals surface area contributed by atoms with Crippen LogP contribution >= 0.6 is 11.3 Å². The van der Waals surface area contributed by atoms with E-state index >= 15 is 0 Å². The molecule has 0 aliphatic carbocycles. The number of sulfonamides is 1. The second-order valence-electron chi connectivity index (χ2n) is 8.22.